The maximum Gasteiger partial charge on any atom is 0.182 e. The molecule has 0 spiro atoms. The van der Waals surface area contributed by atoms with E-state index in [9.17, 15) is 0 Å². The van der Waals surface area contributed by atoms with Crippen LogP contribution in [0, 0.1) is 6.92 Å². The summed E-state index contributed by atoms with van der Waals surface area (Å²) in [5.74, 6) is 0. The monoisotopic (exact) mass is 296 g/mol. The van der Waals surface area contributed by atoms with E-state index in [1.807, 2.05) is 13.2 Å². The molecule has 0 saturated heterocycles. The molecule has 0 unspecified atom stereocenters. The first-order valence-corrected chi connectivity index (χ1v) is 6.67. The Hall–Kier alpha value is -0.870. The number of halogens is 1. The molecule has 1 N–H and O–H groups in total. The van der Waals surface area contributed by atoms with E-state index in [1.165, 1.54) is 16.0 Å². The lowest BCUT2D eigenvalue weighted by atomic mass is 10.1. The highest BCUT2D eigenvalue weighted by Crippen LogP contribution is 2.23. The van der Waals surface area contributed by atoms with Crippen LogP contribution in [0.15, 0.2) is 28.9 Å². The molecule has 0 aliphatic heterocycles. The molecule has 1 aromatic heterocycles. The van der Waals surface area contributed by atoms with Crippen molar-refractivity contribution in [2.75, 3.05) is 12.4 Å². The van der Waals surface area contributed by atoms with Crippen molar-refractivity contribution in [3.63, 3.8) is 0 Å². The van der Waals surface area contributed by atoms with Crippen LogP contribution in [0.4, 0.5) is 5.13 Å². The summed E-state index contributed by atoms with van der Waals surface area (Å²) in [5, 5.41) is 4.03. The van der Waals surface area contributed by atoms with Crippen LogP contribution >= 0.6 is 27.3 Å². The molecule has 1 heterocycles. The number of anilines is 1. The van der Waals surface area contributed by atoms with Crippen LogP contribution in [-0.4, -0.2) is 12.0 Å². The zero-order chi connectivity index (χ0) is 11.5. The standard InChI is InChI=1S/C12H13BrN2S/c1-8-5-10(13)4-3-9(8)6-11-7-15-12(14-2)16-11/h3-5,7H,6H2,1-2H3,(H,14,15). The van der Waals surface area contributed by atoms with Crippen LogP contribution in [0.5, 0.6) is 0 Å². The predicted molar refractivity (Wildman–Crippen MR) is 73.3 cm³/mol. The van der Waals surface area contributed by atoms with Gasteiger partial charge in [-0.1, -0.05) is 22.0 Å². The Morgan fingerprint density at radius 3 is 2.88 bits per heavy atom. The average molecular weight is 297 g/mol. The normalized spacial score (nSPS) is 10.4. The number of aryl methyl sites for hydroxylation is 1. The minimum atomic E-state index is 0.957. The van der Waals surface area contributed by atoms with Crippen LogP contribution in [0.25, 0.3) is 0 Å². The van der Waals surface area contributed by atoms with Gasteiger partial charge in [0.15, 0.2) is 5.13 Å². The van der Waals surface area contributed by atoms with Gasteiger partial charge in [0.2, 0.25) is 0 Å². The number of nitrogens with one attached hydrogen (secondary N) is 1. The third-order valence-electron chi connectivity index (χ3n) is 2.44. The quantitative estimate of drug-likeness (QED) is 0.931. The van der Waals surface area contributed by atoms with Crippen molar-refractivity contribution in [3.8, 4) is 0 Å². The van der Waals surface area contributed by atoms with Crippen LogP contribution in [0.1, 0.15) is 16.0 Å². The molecule has 0 aliphatic rings. The van der Waals surface area contributed by atoms with Crippen molar-refractivity contribution >= 4 is 32.4 Å². The molecule has 0 bridgehead atoms. The third kappa shape index (κ3) is 2.62. The van der Waals surface area contributed by atoms with E-state index in [-0.39, 0.29) is 0 Å². The average Bonchev–Trinajstić information content (AvgIpc) is 2.70. The Balaban J connectivity index is 2.20. The molecule has 4 heteroatoms. The SMILES string of the molecule is CNc1ncc(Cc2ccc(Br)cc2C)s1. The summed E-state index contributed by atoms with van der Waals surface area (Å²) in [5.41, 5.74) is 2.67. The maximum atomic E-state index is 4.28. The van der Waals surface area contributed by atoms with Crippen molar-refractivity contribution in [2.24, 2.45) is 0 Å². The summed E-state index contributed by atoms with van der Waals surface area (Å²) in [6.07, 6.45) is 2.90. The molecule has 2 nitrogen and oxygen atoms in total. The minimum Gasteiger partial charge on any atom is -0.365 e. The number of nitrogens with zero attached hydrogens (tertiary/aromatic N) is 1. The summed E-state index contributed by atoms with van der Waals surface area (Å²) in [7, 11) is 1.90. The fourth-order valence-electron chi connectivity index (χ4n) is 1.55. The Kier molecular flexibility index (Phi) is 3.61. The van der Waals surface area contributed by atoms with Gasteiger partial charge in [0.1, 0.15) is 0 Å². The molecule has 84 valence electrons. The Morgan fingerprint density at radius 1 is 1.44 bits per heavy atom. The number of hydrogen-bond acceptors (Lipinski definition) is 3. The van der Waals surface area contributed by atoms with E-state index in [1.54, 1.807) is 11.3 Å². The Morgan fingerprint density at radius 2 is 2.25 bits per heavy atom. The lowest BCUT2D eigenvalue weighted by Gasteiger charge is -2.04. The molecule has 0 amide bonds. The van der Waals surface area contributed by atoms with Crippen LogP contribution in [0.2, 0.25) is 0 Å². The lowest BCUT2D eigenvalue weighted by Crippen LogP contribution is -1.89. The van der Waals surface area contributed by atoms with Crippen molar-refractivity contribution in [2.45, 2.75) is 13.3 Å². The zero-order valence-electron chi connectivity index (χ0n) is 9.25. The van der Waals surface area contributed by atoms with E-state index in [0.717, 1.165) is 16.0 Å². The van der Waals surface area contributed by atoms with E-state index in [0.29, 0.717) is 0 Å². The molecule has 16 heavy (non-hydrogen) atoms. The van der Waals surface area contributed by atoms with Crippen molar-refractivity contribution in [3.05, 3.63) is 44.9 Å². The van der Waals surface area contributed by atoms with Crippen LogP contribution in [0.3, 0.4) is 0 Å². The van der Waals surface area contributed by atoms with E-state index in [2.05, 4.69) is 51.4 Å². The van der Waals surface area contributed by atoms with Gasteiger partial charge in [0.05, 0.1) is 0 Å². The maximum absolute atomic E-state index is 4.28. The first kappa shape index (κ1) is 11.6. The fourth-order valence-corrected chi connectivity index (χ4v) is 2.81. The van der Waals surface area contributed by atoms with Crippen molar-refractivity contribution in [1.82, 2.24) is 4.98 Å². The number of aromatic nitrogens is 1. The highest BCUT2D eigenvalue weighted by molar-refractivity contribution is 9.10. The number of benzene rings is 1. The molecular formula is C12H13BrN2S. The number of thiazole rings is 1. The molecule has 2 aromatic rings. The molecule has 2 rings (SSSR count). The first-order valence-electron chi connectivity index (χ1n) is 5.06. The van der Waals surface area contributed by atoms with Gasteiger partial charge < -0.3 is 5.32 Å². The predicted octanol–water partition coefficient (Wildman–Crippen LogP) is 3.85. The van der Waals surface area contributed by atoms with Crippen LogP contribution in [-0.2, 0) is 6.42 Å². The fraction of sp³-hybridized carbons (Fsp3) is 0.250. The summed E-state index contributed by atoms with van der Waals surface area (Å²) < 4.78 is 1.13. The van der Waals surface area contributed by atoms with E-state index < -0.39 is 0 Å². The smallest absolute Gasteiger partial charge is 0.182 e. The zero-order valence-corrected chi connectivity index (χ0v) is 11.7. The second-order valence-electron chi connectivity index (χ2n) is 3.63. The van der Waals surface area contributed by atoms with Crippen molar-refractivity contribution < 1.29 is 0 Å². The highest BCUT2D eigenvalue weighted by atomic mass is 79.9. The van der Waals surface area contributed by atoms with Gasteiger partial charge >= 0.3 is 0 Å². The van der Waals surface area contributed by atoms with Gasteiger partial charge in [0, 0.05) is 29.0 Å². The summed E-state index contributed by atoms with van der Waals surface area (Å²) in [4.78, 5) is 5.56. The summed E-state index contributed by atoms with van der Waals surface area (Å²) >= 11 is 5.18. The van der Waals surface area contributed by atoms with E-state index >= 15 is 0 Å². The van der Waals surface area contributed by atoms with Crippen LogP contribution < -0.4 is 5.32 Å². The molecule has 0 fully saturated rings. The second-order valence-corrected chi connectivity index (χ2v) is 5.66. The lowest BCUT2D eigenvalue weighted by molar-refractivity contribution is 1.17. The van der Waals surface area contributed by atoms with Gasteiger partial charge in [-0.25, -0.2) is 4.98 Å². The largest absolute Gasteiger partial charge is 0.365 e. The van der Waals surface area contributed by atoms with Gasteiger partial charge in [-0.15, -0.1) is 11.3 Å². The summed E-state index contributed by atoms with van der Waals surface area (Å²) in [6.45, 7) is 2.14. The van der Waals surface area contributed by atoms with Gasteiger partial charge in [0.25, 0.3) is 0 Å². The van der Waals surface area contributed by atoms with E-state index in [4.69, 9.17) is 0 Å². The Labute approximate surface area is 108 Å². The molecule has 0 aliphatic carbocycles. The Bertz CT molecular complexity index is 494. The summed E-state index contributed by atoms with van der Waals surface area (Å²) in [6, 6.07) is 6.40. The molecule has 1 aromatic carbocycles. The number of hydrogen-bond donors (Lipinski definition) is 1. The first-order chi connectivity index (χ1) is 7.69. The molecular weight excluding hydrogens is 284 g/mol. The minimum absolute atomic E-state index is 0.957. The second kappa shape index (κ2) is 4.97. The van der Waals surface area contributed by atoms with Gasteiger partial charge in [-0.3, -0.25) is 0 Å². The topological polar surface area (TPSA) is 24.9 Å². The van der Waals surface area contributed by atoms with Gasteiger partial charge in [-0.05, 0) is 30.2 Å². The van der Waals surface area contributed by atoms with Crippen molar-refractivity contribution in [1.29, 1.82) is 0 Å². The molecule has 0 atom stereocenters. The molecule has 0 radical (unpaired) electrons. The third-order valence-corrected chi connectivity index (χ3v) is 3.94. The highest BCUT2D eigenvalue weighted by Gasteiger charge is 2.04. The number of rotatable bonds is 3. The van der Waals surface area contributed by atoms with Gasteiger partial charge in [-0.2, -0.15) is 0 Å². The molecule has 0 saturated carbocycles.